The zero-order valence-corrected chi connectivity index (χ0v) is 20.5. The summed E-state index contributed by atoms with van der Waals surface area (Å²) in [5.41, 5.74) is 0.748. The van der Waals surface area contributed by atoms with E-state index in [4.69, 9.17) is 23.2 Å². The number of carbonyl (C=O) groups is 1. The van der Waals surface area contributed by atoms with Crippen LogP contribution in [0.15, 0.2) is 48.5 Å². The van der Waals surface area contributed by atoms with Crippen LogP contribution >= 0.6 is 23.2 Å². The van der Waals surface area contributed by atoms with Crippen molar-refractivity contribution < 1.29 is 18.0 Å². The number of hydrogen-bond donors (Lipinski definition) is 2. The Morgan fingerprint density at radius 1 is 1.06 bits per heavy atom. The maximum Gasteiger partial charge on any atom is 0.416 e. The molecule has 186 valence electrons. The predicted octanol–water partition coefficient (Wildman–Crippen LogP) is 6.91. The fourth-order valence-electron chi connectivity index (χ4n) is 4.30. The van der Waals surface area contributed by atoms with Gasteiger partial charge in [0.05, 0.1) is 27.5 Å². The molecule has 1 aliphatic rings. The first kappa shape index (κ1) is 25.4. The summed E-state index contributed by atoms with van der Waals surface area (Å²) in [5.74, 6) is 0.707. The average molecular weight is 525 g/mol. The monoisotopic (exact) mass is 524 g/mol. The average Bonchev–Trinajstić information content (AvgIpc) is 3.19. The van der Waals surface area contributed by atoms with Crippen molar-refractivity contribution in [3.8, 4) is 5.69 Å². The fraction of sp³-hybridized carbons (Fsp3) is 0.360. The molecule has 0 bridgehead atoms. The van der Waals surface area contributed by atoms with Crippen LogP contribution in [-0.4, -0.2) is 28.3 Å². The minimum absolute atomic E-state index is 0.000906. The Bertz CT molecular complexity index is 1190. The highest BCUT2D eigenvalue weighted by Gasteiger charge is 2.32. The number of aryl methyl sites for hydroxylation is 1. The molecule has 4 rings (SSSR count). The predicted molar refractivity (Wildman–Crippen MR) is 131 cm³/mol. The standard InChI is InChI=1S/C25H25Cl2F3N4O/c1-15-12-23(34(33-15)20-9-5-18(26)6-10-20)31-14-16-2-7-19(8-3-16)32-24(35)21-13-17(25(28,29)30)4-11-22(21)27/h4-6,9-13,16,19,31H,2-3,7-8,14H2,1H3,(H,32,35)/t16-,19-. The van der Waals surface area contributed by atoms with Gasteiger partial charge in [-0.3, -0.25) is 4.79 Å². The zero-order chi connectivity index (χ0) is 25.2. The molecular weight excluding hydrogens is 500 g/mol. The molecule has 1 fully saturated rings. The molecule has 0 aliphatic heterocycles. The minimum atomic E-state index is -4.54. The fourth-order valence-corrected chi connectivity index (χ4v) is 4.63. The number of rotatable bonds is 6. The van der Waals surface area contributed by atoms with E-state index in [0.717, 1.165) is 67.6 Å². The summed E-state index contributed by atoms with van der Waals surface area (Å²) < 4.78 is 40.9. The van der Waals surface area contributed by atoms with Crippen LogP contribution in [0.25, 0.3) is 5.69 Å². The van der Waals surface area contributed by atoms with Crippen molar-refractivity contribution in [3.63, 3.8) is 0 Å². The van der Waals surface area contributed by atoms with Gasteiger partial charge >= 0.3 is 6.18 Å². The molecule has 1 heterocycles. The number of hydrogen-bond acceptors (Lipinski definition) is 3. The van der Waals surface area contributed by atoms with E-state index < -0.39 is 17.6 Å². The van der Waals surface area contributed by atoms with E-state index in [2.05, 4.69) is 15.7 Å². The smallest absolute Gasteiger partial charge is 0.370 e. The first-order valence-corrected chi connectivity index (χ1v) is 12.1. The Morgan fingerprint density at radius 2 is 1.74 bits per heavy atom. The molecular formula is C25H25Cl2F3N4O. The topological polar surface area (TPSA) is 58.9 Å². The van der Waals surface area contributed by atoms with Gasteiger partial charge in [-0.25, -0.2) is 4.68 Å². The molecule has 1 amide bonds. The lowest BCUT2D eigenvalue weighted by Gasteiger charge is -2.29. The third kappa shape index (κ3) is 6.30. The van der Waals surface area contributed by atoms with Crippen LogP contribution in [-0.2, 0) is 6.18 Å². The van der Waals surface area contributed by atoms with Crippen LogP contribution < -0.4 is 10.6 Å². The summed E-state index contributed by atoms with van der Waals surface area (Å²) in [6.07, 6.45) is -1.30. The minimum Gasteiger partial charge on any atom is -0.370 e. The summed E-state index contributed by atoms with van der Waals surface area (Å²) >= 11 is 12.0. The summed E-state index contributed by atoms with van der Waals surface area (Å²) in [5, 5.41) is 11.6. The van der Waals surface area contributed by atoms with Crippen molar-refractivity contribution >= 4 is 34.9 Å². The first-order chi connectivity index (χ1) is 16.6. The highest BCUT2D eigenvalue weighted by molar-refractivity contribution is 6.33. The molecule has 0 radical (unpaired) electrons. The highest BCUT2D eigenvalue weighted by Crippen LogP contribution is 2.32. The highest BCUT2D eigenvalue weighted by atomic mass is 35.5. The van der Waals surface area contributed by atoms with Crippen LogP contribution in [0.4, 0.5) is 19.0 Å². The molecule has 1 aromatic heterocycles. The zero-order valence-electron chi connectivity index (χ0n) is 19.0. The van der Waals surface area contributed by atoms with Gasteiger partial charge in [0, 0.05) is 23.7 Å². The quantitative estimate of drug-likeness (QED) is 0.368. The number of amides is 1. The van der Waals surface area contributed by atoms with Gasteiger partial charge in [0.15, 0.2) is 0 Å². The lowest BCUT2D eigenvalue weighted by atomic mass is 9.86. The third-order valence-corrected chi connectivity index (χ3v) is 6.78. The van der Waals surface area contributed by atoms with E-state index >= 15 is 0 Å². The summed E-state index contributed by atoms with van der Waals surface area (Å²) in [7, 11) is 0. The van der Waals surface area contributed by atoms with Crippen molar-refractivity contribution in [2.75, 3.05) is 11.9 Å². The Balaban J connectivity index is 1.31. The van der Waals surface area contributed by atoms with E-state index in [1.165, 1.54) is 0 Å². The summed E-state index contributed by atoms with van der Waals surface area (Å²) in [6.45, 7) is 2.68. The molecule has 3 aromatic rings. The van der Waals surface area contributed by atoms with Gasteiger partial charge in [-0.05, 0) is 81.0 Å². The van der Waals surface area contributed by atoms with Crippen LogP contribution in [0, 0.1) is 12.8 Å². The largest absolute Gasteiger partial charge is 0.416 e. The first-order valence-electron chi connectivity index (χ1n) is 11.3. The molecule has 2 N–H and O–H groups in total. The molecule has 5 nitrogen and oxygen atoms in total. The van der Waals surface area contributed by atoms with Crippen LogP contribution in [0.3, 0.4) is 0 Å². The Kier molecular flexibility index (Phi) is 7.62. The number of alkyl halides is 3. The van der Waals surface area contributed by atoms with Gasteiger partial charge in [0.1, 0.15) is 5.82 Å². The van der Waals surface area contributed by atoms with E-state index in [0.29, 0.717) is 10.9 Å². The number of benzene rings is 2. The lowest BCUT2D eigenvalue weighted by Crippen LogP contribution is -2.38. The molecule has 0 spiro atoms. The van der Waals surface area contributed by atoms with Gasteiger partial charge in [-0.1, -0.05) is 23.2 Å². The van der Waals surface area contributed by atoms with Gasteiger partial charge in [-0.15, -0.1) is 0 Å². The maximum atomic E-state index is 13.0. The van der Waals surface area contributed by atoms with Gasteiger partial charge in [0.25, 0.3) is 5.91 Å². The number of carbonyl (C=O) groups excluding carboxylic acids is 1. The Labute approximate surface area is 211 Å². The van der Waals surface area contributed by atoms with Crippen molar-refractivity contribution in [1.82, 2.24) is 15.1 Å². The van der Waals surface area contributed by atoms with Crippen molar-refractivity contribution in [2.45, 2.75) is 44.8 Å². The molecule has 0 atom stereocenters. The van der Waals surface area contributed by atoms with E-state index in [-0.39, 0.29) is 16.6 Å². The number of anilines is 1. The number of halogens is 5. The number of aromatic nitrogens is 2. The third-order valence-electron chi connectivity index (χ3n) is 6.19. The summed E-state index contributed by atoms with van der Waals surface area (Å²) in [4.78, 5) is 12.6. The molecule has 1 aliphatic carbocycles. The molecule has 2 aromatic carbocycles. The Hall–Kier alpha value is -2.71. The van der Waals surface area contributed by atoms with E-state index in [9.17, 15) is 18.0 Å². The van der Waals surface area contributed by atoms with Gasteiger partial charge in [-0.2, -0.15) is 18.3 Å². The second-order valence-electron chi connectivity index (χ2n) is 8.82. The van der Waals surface area contributed by atoms with Crippen LogP contribution in [0.1, 0.15) is 47.3 Å². The molecule has 1 saturated carbocycles. The van der Waals surface area contributed by atoms with Crippen molar-refractivity contribution in [3.05, 3.63) is 75.4 Å². The van der Waals surface area contributed by atoms with Gasteiger partial charge < -0.3 is 10.6 Å². The summed E-state index contributed by atoms with van der Waals surface area (Å²) in [6, 6.07) is 12.1. The van der Waals surface area contributed by atoms with Crippen LogP contribution in [0.2, 0.25) is 10.0 Å². The van der Waals surface area contributed by atoms with Crippen LogP contribution in [0.5, 0.6) is 0 Å². The molecule has 10 heteroatoms. The maximum absolute atomic E-state index is 13.0. The number of nitrogens with zero attached hydrogens (tertiary/aromatic N) is 2. The normalized spacial score (nSPS) is 18.3. The SMILES string of the molecule is Cc1cc(NC[C@H]2CC[C@H](NC(=O)c3cc(C(F)(F)F)ccc3Cl)CC2)n(-c2ccc(Cl)cc2)n1. The van der Waals surface area contributed by atoms with E-state index in [1.807, 2.05) is 41.9 Å². The molecule has 35 heavy (non-hydrogen) atoms. The molecule has 0 unspecified atom stereocenters. The second kappa shape index (κ2) is 10.5. The van der Waals surface area contributed by atoms with Gasteiger partial charge in [0.2, 0.25) is 0 Å². The second-order valence-corrected chi connectivity index (χ2v) is 9.67. The van der Waals surface area contributed by atoms with Crippen molar-refractivity contribution in [1.29, 1.82) is 0 Å². The number of nitrogens with one attached hydrogen (secondary N) is 2. The Morgan fingerprint density at radius 3 is 2.40 bits per heavy atom. The van der Waals surface area contributed by atoms with Crippen molar-refractivity contribution in [2.24, 2.45) is 5.92 Å². The lowest BCUT2D eigenvalue weighted by molar-refractivity contribution is -0.137. The van der Waals surface area contributed by atoms with E-state index in [1.54, 1.807) is 0 Å². The molecule has 0 saturated heterocycles.